The Morgan fingerprint density at radius 1 is 1.22 bits per heavy atom. The Morgan fingerprint density at radius 2 is 1.97 bits per heavy atom. The van der Waals surface area contributed by atoms with Gasteiger partial charge in [0.15, 0.2) is 15.6 Å². The summed E-state index contributed by atoms with van der Waals surface area (Å²) in [5.41, 5.74) is 4.14. The number of hydrogen-bond donors (Lipinski definition) is 0. The van der Waals surface area contributed by atoms with Crippen LogP contribution in [0.25, 0.3) is 11.3 Å². The second kappa shape index (κ2) is 8.43. The van der Waals surface area contributed by atoms with Crippen molar-refractivity contribution >= 4 is 21.4 Å². The highest BCUT2D eigenvalue weighted by molar-refractivity contribution is 7.91. The first-order valence-corrected chi connectivity index (χ1v) is 12.1. The predicted molar refractivity (Wildman–Crippen MR) is 122 cm³/mol. The predicted octanol–water partition coefficient (Wildman–Crippen LogP) is 4.11. The first kappa shape index (κ1) is 22.1. The Labute approximate surface area is 187 Å². The lowest BCUT2D eigenvalue weighted by Gasteiger charge is -2.22. The second-order valence-corrected chi connectivity index (χ2v) is 10.2. The summed E-state index contributed by atoms with van der Waals surface area (Å²) in [5, 5.41) is 3.95. The number of ether oxygens (including phenoxy) is 1. The molecule has 0 spiro atoms. The number of aryl methyl sites for hydroxylation is 1. The summed E-state index contributed by atoms with van der Waals surface area (Å²) in [5.74, 6) is 0.226. The molecule has 0 bridgehead atoms. The van der Waals surface area contributed by atoms with Gasteiger partial charge in [-0.25, -0.2) is 8.42 Å². The van der Waals surface area contributed by atoms with Crippen molar-refractivity contribution in [2.75, 3.05) is 17.8 Å². The van der Waals surface area contributed by atoms with Gasteiger partial charge in [-0.15, -0.1) is 0 Å². The molecular weight excluding hydrogens is 428 g/mol. The minimum absolute atomic E-state index is 0.00173. The Hall–Kier alpha value is -3.13. The zero-order valence-electron chi connectivity index (χ0n) is 18.6. The van der Waals surface area contributed by atoms with Crippen LogP contribution in [0.2, 0.25) is 0 Å². The first-order chi connectivity index (χ1) is 15.2. The summed E-state index contributed by atoms with van der Waals surface area (Å²) in [6, 6.07) is 12.6. The molecule has 7 nitrogen and oxygen atoms in total. The molecule has 4 rings (SSSR count). The van der Waals surface area contributed by atoms with Gasteiger partial charge in [0, 0.05) is 29.3 Å². The van der Waals surface area contributed by atoms with Crippen LogP contribution in [0.3, 0.4) is 0 Å². The maximum absolute atomic E-state index is 13.2. The molecule has 0 fully saturated rings. The van der Waals surface area contributed by atoms with E-state index in [2.05, 4.69) is 5.16 Å². The van der Waals surface area contributed by atoms with E-state index < -0.39 is 9.84 Å². The number of hydrogen-bond acceptors (Lipinski definition) is 6. The summed E-state index contributed by atoms with van der Waals surface area (Å²) in [6.45, 7) is 5.67. The molecular formula is C24H26N2O5S. The zero-order valence-corrected chi connectivity index (χ0v) is 19.4. The summed E-state index contributed by atoms with van der Waals surface area (Å²) in [7, 11) is -2.37. The van der Waals surface area contributed by atoms with Crippen LogP contribution in [0.5, 0.6) is 5.75 Å². The third-order valence-electron chi connectivity index (χ3n) is 5.98. The van der Waals surface area contributed by atoms with E-state index in [9.17, 15) is 13.2 Å². The van der Waals surface area contributed by atoms with Crippen molar-refractivity contribution in [1.82, 2.24) is 5.16 Å². The monoisotopic (exact) mass is 454 g/mol. The summed E-state index contributed by atoms with van der Waals surface area (Å²) >= 11 is 0. The summed E-state index contributed by atoms with van der Waals surface area (Å²) < 4.78 is 37.2. The lowest BCUT2D eigenvalue weighted by atomic mass is 10.1. The molecule has 0 unspecified atom stereocenters. The lowest BCUT2D eigenvalue weighted by Crippen LogP contribution is -2.36. The number of rotatable bonds is 6. The maximum Gasteiger partial charge on any atom is 0.228 e. The molecule has 1 atom stereocenters. The Morgan fingerprint density at radius 3 is 2.66 bits per heavy atom. The third-order valence-corrected chi connectivity index (χ3v) is 7.71. The van der Waals surface area contributed by atoms with Gasteiger partial charge < -0.3 is 14.2 Å². The van der Waals surface area contributed by atoms with Crippen LogP contribution in [0.15, 0.2) is 51.9 Å². The molecule has 1 aliphatic heterocycles. The van der Waals surface area contributed by atoms with Crippen LogP contribution in [0, 0.1) is 13.8 Å². The molecule has 0 saturated carbocycles. The normalized spacial score (nSPS) is 15.6. The topological polar surface area (TPSA) is 89.7 Å². The number of aromatic nitrogens is 1. The number of amides is 1. The van der Waals surface area contributed by atoms with Crippen molar-refractivity contribution in [1.29, 1.82) is 0 Å². The number of carbonyl (C=O) groups is 1. The molecule has 0 aliphatic carbocycles. The van der Waals surface area contributed by atoms with Crippen LogP contribution < -0.4 is 9.64 Å². The molecule has 1 amide bonds. The third kappa shape index (κ3) is 3.90. The second-order valence-electron chi connectivity index (χ2n) is 8.10. The quantitative estimate of drug-likeness (QED) is 0.557. The van der Waals surface area contributed by atoms with Crippen LogP contribution in [0.4, 0.5) is 5.69 Å². The molecule has 2 heterocycles. The number of fused-ring (bicyclic) bond motifs is 1. The molecule has 0 radical (unpaired) electrons. The average molecular weight is 455 g/mol. The van der Waals surface area contributed by atoms with Crippen molar-refractivity contribution in [3.8, 4) is 17.1 Å². The lowest BCUT2D eigenvalue weighted by molar-refractivity contribution is -0.118. The Bertz CT molecular complexity index is 1280. The number of carbonyl (C=O) groups excluding carboxylic acids is 1. The number of sulfone groups is 1. The highest BCUT2D eigenvalue weighted by atomic mass is 32.2. The van der Waals surface area contributed by atoms with Gasteiger partial charge in [0.05, 0.1) is 18.6 Å². The van der Waals surface area contributed by atoms with Gasteiger partial charge in [-0.3, -0.25) is 4.79 Å². The van der Waals surface area contributed by atoms with E-state index in [-0.39, 0.29) is 34.8 Å². The van der Waals surface area contributed by atoms with Gasteiger partial charge in [0.25, 0.3) is 0 Å². The van der Waals surface area contributed by atoms with Gasteiger partial charge in [-0.2, -0.15) is 0 Å². The van der Waals surface area contributed by atoms with Crippen molar-refractivity contribution in [2.45, 2.75) is 44.6 Å². The van der Waals surface area contributed by atoms with Crippen LogP contribution in [-0.2, 0) is 21.1 Å². The summed E-state index contributed by atoms with van der Waals surface area (Å²) in [4.78, 5) is 14.7. The number of anilines is 1. The molecule has 168 valence electrons. The zero-order chi connectivity index (χ0) is 23.0. The van der Waals surface area contributed by atoms with Gasteiger partial charge in [0.2, 0.25) is 5.91 Å². The molecule has 3 aromatic rings. The SMILES string of the molecule is COc1ccc(-c2onc(C)c2C)cc1S(=O)(=O)CCC(=O)N1c2ccccc2C[C@@H]1C. The van der Waals surface area contributed by atoms with Crippen molar-refractivity contribution in [2.24, 2.45) is 0 Å². The van der Waals surface area contributed by atoms with Gasteiger partial charge in [-0.1, -0.05) is 23.4 Å². The Kier molecular flexibility index (Phi) is 5.81. The fourth-order valence-electron chi connectivity index (χ4n) is 4.14. The number of para-hydroxylation sites is 1. The number of nitrogens with zero attached hydrogens (tertiary/aromatic N) is 2. The van der Waals surface area contributed by atoms with E-state index in [0.29, 0.717) is 11.3 Å². The number of methoxy groups -OCH3 is 1. The van der Waals surface area contributed by atoms with Gasteiger partial charge in [0.1, 0.15) is 10.6 Å². The standard InChI is InChI=1S/C24H26N2O5S/c1-15-13-18-7-5-6-8-20(18)26(15)23(27)11-12-32(28,29)22-14-19(9-10-21(22)30-4)24-16(2)17(3)25-31-24/h5-10,14-15H,11-13H2,1-4H3/t15-/m0/s1. The molecule has 0 saturated heterocycles. The van der Waals surface area contributed by atoms with E-state index in [1.807, 2.05) is 45.0 Å². The smallest absolute Gasteiger partial charge is 0.228 e. The average Bonchev–Trinajstić information content (AvgIpc) is 3.29. The fourth-order valence-corrected chi connectivity index (χ4v) is 5.57. The van der Waals surface area contributed by atoms with E-state index >= 15 is 0 Å². The minimum atomic E-state index is -3.79. The van der Waals surface area contributed by atoms with Gasteiger partial charge >= 0.3 is 0 Å². The van der Waals surface area contributed by atoms with Crippen molar-refractivity contribution in [3.63, 3.8) is 0 Å². The molecule has 0 N–H and O–H groups in total. The summed E-state index contributed by atoms with van der Waals surface area (Å²) in [6.07, 6.45) is 0.648. The molecule has 2 aromatic carbocycles. The Balaban J connectivity index is 1.59. The van der Waals surface area contributed by atoms with Crippen molar-refractivity contribution < 1.29 is 22.5 Å². The fraction of sp³-hybridized carbons (Fsp3) is 0.333. The molecule has 1 aromatic heterocycles. The highest BCUT2D eigenvalue weighted by Gasteiger charge is 2.32. The number of benzene rings is 2. The van der Waals surface area contributed by atoms with E-state index in [1.54, 1.807) is 17.0 Å². The largest absolute Gasteiger partial charge is 0.495 e. The molecule has 32 heavy (non-hydrogen) atoms. The molecule has 8 heteroatoms. The highest BCUT2D eigenvalue weighted by Crippen LogP contribution is 2.34. The van der Waals surface area contributed by atoms with Crippen molar-refractivity contribution in [3.05, 3.63) is 59.3 Å². The first-order valence-electron chi connectivity index (χ1n) is 10.5. The minimum Gasteiger partial charge on any atom is -0.495 e. The van der Waals surface area contributed by atoms with Crippen LogP contribution in [-0.4, -0.2) is 38.4 Å². The van der Waals surface area contributed by atoms with Gasteiger partial charge in [-0.05, 0) is 57.0 Å². The van der Waals surface area contributed by atoms with E-state index in [1.165, 1.54) is 13.2 Å². The van der Waals surface area contributed by atoms with E-state index in [0.717, 1.165) is 28.9 Å². The maximum atomic E-state index is 13.2. The van der Waals surface area contributed by atoms with Crippen LogP contribution in [0.1, 0.15) is 30.2 Å². The van der Waals surface area contributed by atoms with E-state index in [4.69, 9.17) is 9.26 Å². The van der Waals surface area contributed by atoms with Crippen LogP contribution >= 0.6 is 0 Å². The molecule has 1 aliphatic rings.